The van der Waals surface area contributed by atoms with Crippen LogP contribution in [0.2, 0.25) is 0 Å². The molecule has 1 aliphatic rings. The Balaban J connectivity index is 2.73. The van der Waals surface area contributed by atoms with Crippen molar-refractivity contribution in [1.29, 1.82) is 0 Å². The second-order valence-electron chi connectivity index (χ2n) is 4.46. The number of nitrogens with two attached hydrogens (primary N) is 1. The topological polar surface area (TPSA) is 80.5 Å². The average Bonchev–Trinajstić information content (AvgIpc) is 2.53. The lowest BCUT2D eigenvalue weighted by atomic mass is 10.1. The Morgan fingerprint density at radius 3 is 2.71 bits per heavy atom. The fourth-order valence-corrected chi connectivity index (χ4v) is 3.66. The minimum absolute atomic E-state index is 0.0133. The molecule has 1 heterocycles. The Morgan fingerprint density at radius 2 is 2.29 bits per heavy atom. The molecule has 1 fully saturated rings. The molecule has 1 rings (SSSR count). The van der Waals surface area contributed by atoms with Gasteiger partial charge in [0.25, 0.3) is 0 Å². The highest BCUT2D eigenvalue weighted by atomic mass is 32.2. The van der Waals surface area contributed by atoms with E-state index in [9.17, 15) is 13.2 Å². The number of nitrogens with zero attached hydrogens (tertiary/aromatic N) is 1. The van der Waals surface area contributed by atoms with E-state index in [0.29, 0.717) is 6.42 Å². The van der Waals surface area contributed by atoms with Crippen LogP contribution in [0, 0.1) is 12.3 Å². The van der Waals surface area contributed by atoms with Crippen LogP contribution in [0.5, 0.6) is 0 Å². The molecule has 1 aliphatic heterocycles. The van der Waals surface area contributed by atoms with Gasteiger partial charge in [-0.1, -0.05) is 5.92 Å². The number of hydrogen-bond acceptors (Lipinski definition) is 4. The third-order valence-corrected chi connectivity index (χ3v) is 4.48. The highest BCUT2D eigenvalue weighted by molar-refractivity contribution is 7.91. The second-order valence-corrected chi connectivity index (χ2v) is 6.69. The SMILES string of the molecule is C#CCN(C(=O)CC(C)N)C1CCS(=O)(=O)C1. The van der Waals surface area contributed by atoms with Gasteiger partial charge in [0.2, 0.25) is 5.91 Å². The number of rotatable bonds is 4. The Morgan fingerprint density at radius 1 is 1.65 bits per heavy atom. The third kappa shape index (κ3) is 4.02. The molecule has 6 heteroatoms. The van der Waals surface area contributed by atoms with E-state index in [1.165, 1.54) is 4.90 Å². The van der Waals surface area contributed by atoms with E-state index in [2.05, 4.69) is 5.92 Å². The minimum Gasteiger partial charge on any atom is -0.327 e. The summed E-state index contributed by atoms with van der Waals surface area (Å²) < 4.78 is 22.8. The molecule has 2 N–H and O–H groups in total. The van der Waals surface area contributed by atoms with Crippen LogP contribution in [0.3, 0.4) is 0 Å². The van der Waals surface area contributed by atoms with Gasteiger partial charge in [-0.3, -0.25) is 4.79 Å². The van der Waals surface area contributed by atoms with Gasteiger partial charge in [0.05, 0.1) is 18.1 Å². The standard InChI is InChI=1S/C11H18N2O3S/c1-3-5-13(11(14)7-9(2)12)10-4-6-17(15,16)8-10/h1,9-10H,4-8,12H2,2H3. The van der Waals surface area contributed by atoms with Gasteiger partial charge in [0.1, 0.15) is 0 Å². The zero-order chi connectivity index (χ0) is 13.1. The van der Waals surface area contributed by atoms with E-state index in [1.807, 2.05) is 0 Å². The van der Waals surface area contributed by atoms with Crippen LogP contribution < -0.4 is 5.73 Å². The normalized spacial score (nSPS) is 23.9. The summed E-state index contributed by atoms with van der Waals surface area (Å²) in [6, 6.07) is -0.539. The molecule has 96 valence electrons. The Labute approximate surface area is 102 Å². The van der Waals surface area contributed by atoms with Crippen molar-refractivity contribution in [2.45, 2.75) is 31.8 Å². The molecule has 0 spiro atoms. The van der Waals surface area contributed by atoms with E-state index < -0.39 is 9.84 Å². The lowest BCUT2D eigenvalue weighted by Gasteiger charge is -2.26. The molecule has 5 nitrogen and oxygen atoms in total. The van der Waals surface area contributed by atoms with Crippen molar-refractivity contribution in [2.75, 3.05) is 18.1 Å². The summed E-state index contributed by atoms with van der Waals surface area (Å²) in [7, 11) is -3.01. The molecule has 0 aliphatic carbocycles. The molecule has 1 saturated heterocycles. The first kappa shape index (κ1) is 14.0. The van der Waals surface area contributed by atoms with Crippen molar-refractivity contribution in [3.63, 3.8) is 0 Å². The lowest BCUT2D eigenvalue weighted by molar-refractivity contribution is -0.132. The maximum absolute atomic E-state index is 11.9. The summed E-state index contributed by atoms with van der Waals surface area (Å²) in [5, 5.41) is 0. The summed E-state index contributed by atoms with van der Waals surface area (Å²) in [6.07, 6.45) is 5.87. The summed E-state index contributed by atoms with van der Waals surface area (Å²) in [4.78, 5) is 13.4. The maximum atomic E-state index is 11.9. The molecular formula is C11H18N2O3S. The smallest absolute Gasteiger partial charge is 0.225 e. The Kier molecular flexibility index (Phi) is 4.54. The van der Waals surface area contributed by atoms with E-state index in [-0.39, 0.29) is 42.5 Å². The van der Waals surface area contributed by atoms with Gasteiger partial charge in [-0.15, -0.1) is 6.42 Å². The maximum Gasteiger partial charge on any atom is 0.225 e. The number of carbonyl (C=O) groups excluding carboxylic acids is 1. The molecule has 2 atom stereocenters. The van der Waals surface area contributed by atoms with Gasteiger partial charge in [0.15, 0.2) is 9.84 Å². The molecule has 2 unspecified atom stereocenters. The van der Waals surface area contributed by atoms with Gasteiger partial charge in [-0.05, 0) is 13.3 Å². The third-order valence-electron chi connectivity index (χ3n) is 2.73. The number of sulfone groups is 1. The molecule has 17 heavy (non-hydrogen) atoms. The molecular weight excluding hydrogens is 240 g/mol. The highest BCUT2D eigenvalue weighted by Gasteiger charge is 2.34. The molecule has 1 amide bonds. The summed E-state index contributed by atoms with van der Waals surface area (Å²) in [6.45, 7) is 1.88. The summed E-state index contributed by atoms with van der Waals surface area (Å²) in [5.41, 5.74) is 5.56. The zero-order valence-electron chi connectivity index (χ0n) is 9.93. The van der Waals surface area contributed by atoms with E-state index in [1.54, 1.807) is 6.92 Å². The number of terminal acetylenes is 1. The van der Waals surface area contributed by atoms with Crippen molar-refractivity contribution in [1.82, 2.24) is 4.90 Å². The van der Waals surface area contributed by atoms with Crippen molar-refractivity contribution < 1.29 is 13.2 Å². The lowest BCUT2D eigenvalue weighted by Crippen LogP contribution is -2.43. The number of carbonyl (C=O) groups is 1. The van der Waals surface area contributed by atoms with Crippen LogP contribution in [-0.4, -0.2) is 49.4 Å². The first-order valence-electron chi connectivity index (χ1n) is 5.54. The van der Waals surface area contributed by atoms with Crippen molar-refractivity contribution >= 4 is 15.7 Å². The van der Waals surface area contributed by atoms with Gasteiger partial charge < -0.3 is 10.6 Å². The molecule has 0 bridgehead atoms. The number of hydrogen-bond donors (Lipinski definition) is 1. The minimum atomic E-state index is -3.01. The van der Waals surface area contributed by atoms with Crippen LogP contribution in [0.1, 0.15) is 19.8 Å². The molecule has 0 aromatic heterocycles. The zero-order valence-corrected chi connectivity index (χ0v) is 10.7. The first-order valence-corrected chi connectivity index (χ1v) is 7.37. The molecule has 0 aromatic rings. The van der Waals surface area contributed by atoms with Gasteiger partial charge in [-0.25, -0.2) is 8.42 Å². The average molecular weight is 258 g/mol. The fraction of sp³-hybridized carbons (Fsp3) is 0.727. The van der Waals surface area contributed by atoms with E-state index >= 15 is 0 Å². The second kappa shape index (κ2) is 5.52. The first-order chi connectivity index (χ1) is 7.85. The fourth-order valence-electron chi connectivity index (χ4n) is 1.93. The quantitative estimate of drug-likeness (QED) is 0.681. The van der Waals surface area contributed by atoms with Crippen LogP contribution in [0.25, 0.3) is 0 Å². The van der Waals surface area contributed by atoms with Crippen molar-refractivity contribution in [2.24, 2.45) is 5.73 Å². The number of amides is 1. The molecule has 0 saturated carbocycles. The van der Waals surface area contributed by atoms with Crippen molar-refractivity contribution in [3.8, 4) is 12.3 Å². The summed E-state index contributed by atoms with van der Waals surface area (Å²) in [5.74, 6) is 2.37. The van der Waals surface area contributed by atoms with Crippen molar-refractivity contribution in [3.05, 3.63) is 0 Å². The predicted octanol–water partition coefficient (Wildman–Crippen LogP) is -0.627. The van der Waals surface area contributed by atoms with Gasteiger partial charge in [0, 0.05) is 18.5 Å². The van der Waals surface area contributed by atoms with Gasteiger partial charge >= 0.3 is 0 Å². The van der Waals surface area contributed by atoms with Crippen LogP contribution in [0.4, 0.5) is 0 Å². The summed E-state index contributed by atoms with van der Waals surface area (Å²) >= 11 is 0. The van der Waals surface area contributed by atoms with Crippen LogP contribution in [0.15, 0.2) is 0 Å². The monoisotopic (exact) mass is 258 g/mol. The Bertz CT molecular complexity index is 422. The van der Waals surface area contributed by atoms with Crippen LogP contribution >= 0.6 is 0 Å². The largest absolute Gasteiger partial charge is 0.327 e. The molecule has 0 radical (unpaired) electrons. The van der Waals surface area contributed by atoms with E-state index in [4.69, 9.17) is 12.2 Å². The van der Waals surface area contributed by atoms with Crippen LogP contribution in [-0.2, 0) is 14.6 Å². The predicted molar refractivity (Wildman–Crippen MR) is 65.9 cm³/mol. The van der Waals surface area contributed by atoms with E-state index in [0.717, 1.165) is 0 Å². The highest BCUT2D eigenvalue weighted by Crippen LogP contribution is 2.18. The molecule has 0 aromatic carbocycles. The Hall–Kier alpha value is -1.06. The van der Waals surface area contributed by atoms with Gasteiger partial charge in [-0.2, -0.15) is 0 Å².